The van der Waals surface area contributed by atoms with Crippen molar-refractivity contribution in [1.29, 1.82) is 0 Å². The predicted molar refractivity (Wildman–Crippen MR) is 93.5 cm³/mol. The van der Waals surface area contributed by atoms with Gasteiger partial charge in [0.15, 0.2) is 0 Å². The molecule has 0 unspecified atom stereocenters. The van der Waals surface area contributed by atoms with Crippen molar-refractivity contribution >= 4 is 24.2 Å². The SMILES string of the molecule is CC(C)COC1CCN(C(=O)CNC(=O)[C@@H](N)C(C)C)CC1.Cl. The van der Waals surface area contributed by atoms with E-state index in [4.69, 9.17) is 10.5 Å². The molecule has 136 valence electrons. The minimum absolute atomic E-state index is 0. The summed E-state index contributed by atoms with van der Waals surface area (Å²) >= 11 is 0. The minimum atomic E-state index is -0.567. The molecule has 0 aromatic carbocycles. The van der Waals surface area contributed by atoms with E-state index in [2.05, 4.69) is 19.2 Å². The molecular formula is C16H32ClN3O3. The van der Waals surface area contributed by atoms with E-state index in [0.29, 0.717) is 19.0 Å². The number of nitrogens with zero attached hydrogens (tertiary/aromatic N) is 1. The molecule has 0 saturated carbocycles. The van der Waals surface area contributed by atoms with Crippen LogP contribution in [0.3, 0.4) is 0 Å². The number of hydrogen-bond donors (Lipinski definition) is 2. The Kier molecular flexibility index (Phi) is 10.4. The zero-order chi connectivity index (χ0) is 16.7. The molecule has 23 heavy (non-hydrogen) atoms. The van der Waals surface area contributed by atoms with Gasteiger partial charge in [0.05, 0.1) is 18.7 Å². The number of halogens is 1. The van der Waals surface area contributed by atoms with E-state index in [-0.39, 0.29) is 42.8 Å². The van der Waals surface area contributed by atoms with E-state index >= 15 is 0 Å². The Morgan fingerprint density at radius 2 is 1.78 bits per heavy atom. The molecule has 0 bridgehead atoms. The molecule has 1 saturated heterocycles. The molecule has 1 rings (SSSR count). The fraction of sp³-hybridized carbons (Fsp3) is 0.875. The molecule has 0 spiro atoms. The van der Waals surface area contributed by atoms with E-state index < -0.39 is 6.04 Å². The highest BCUT2D eigenvalue weighted by Gasteiger charge is 2.24. The molecule has 1 aliphatic heterocycles. The fourth-order valence-electron chi connectivity index (χ4n) is 2.30. The maximum Gasteiger partial charge on any atom is 0.241 e. The van der Waals surface area contributed by atoms with E-state index in [0.717, 1.165) is 19.4 Å². The Morgan fingerprint density at radius 1 is 1.22 bits per heavy atom. The number of rotatable bonds is 7. The molecular weight excluding hydrogens is 318 g/mol. The summed E-state index contributed by atoms with van der Waals surface area (Å²) in [5, 5.41) is 2.63. The summed E-state index contributed by atoms with van der Waals surface area (Å²) in [7, 11) is 0. The van der Waals surface area contributed by atoms with Crippen LogP contribution < -0.4 is 11.1 Å². The lowest BCUT2D eigenvalue weighted by Crippen LogP contribution is -2.49. The Morgan fingerprint density at radius 3 is 2.26 bits per heavy atom. The van der Waals surface area contributed by atoms with Crippen LogP contribution in [0.4, 0.5) is 0 Å². The van der Waals surface area contributed by atoms with Crippen molar-refractivity contribution < 1.29 is 14.3 Å². The lowest BCUT2D eigenvalue weighted by molar-refractivity contribution is -0.135. The minimum Gasteiger partial charge on any atom is -0.378 e. The number of nitrogens with two attached hydrogens (primary N) is 1. The first-order valence-electron chi connectivity index (χ1n) is 8.24. The fourth-order valence-corrected chi connectivity index (χ4v) is 2.30. The Bertz CT molecular complexity index is 370. The Hall–Kier alpha value is -0.850. The first-order valence-corrected chi connectivity index (χ1v) is 8.24. The van der Waals surface area contributed by atoms with Crippen LogP contribution in [-0.4, -0.2) is 55.1 Å². The summed E-state index contributed by atoms with van der Waals surface area (Å²) < 4.78 is 5.80. The third kappa shape index (κ3) is 7.99. The number of likely N-dealkylation sites (tertiary alicyclic amines) is 1. The maximum absolute atomic E-state index is 12.1. The van der Waals surface area contributed by atoms with Gasteiger partial charge in [0.2, 0.25) is 11.8 Å². The van der Waals surface area contributed by atoms with Crippen molar-refractivity contribution in [1.82, 2.24) is 10.2 Å². The Labute approximate surface area is 145 Å². The smallest absolute Gasteiger partial charge is 0.241 e. The van der Waals surface area contributed by atoms with E-state index in [9.17, 15) is 9.59 Å². The Balaban J connectivity index is 0.00000484. The standard InChI is InChI=1S/C16H31N3O3.ClH/c1-11(2)10-22-13-5-7-19(8-6-13)14(20)9-18-16(21)15(17)12(3)4;/h11-13,15H,5-10,17H2,1-4H3,(H,18,21);1H/t15-;/m0./s1. The monoisotopic (exact) mass is 349 g/mol. The van der Waals surface area contributed by atoms with E-state index in [1.165, 1.54) is 0 Å². The van der Waals surface area contributed by atoms with Gasteiger partial charge >= 0.3 is 0 Å². The van der Waals surface area contributed by atoms with Crippen LogP contribution >= 0.6 is 12.4 Å². The van der Waals surface area contributed by atoms with Crippen molar-refractivity contribution in [2.45, 2.75) is 52.7 Å². The van der Waals surface area contributed by atoms with Gasteiger partial charge < -0.3 is 20.7 Å². The zero-order valence-electron chi connectivity index (χ0n) is 14.7. The molecule has 1 atom stereocenters. The second-order valence-corrected chi connectivity index (χ2v) is 6.79. The second kappa shape index (κ2) is 10.8. The summed E-state index contributed by atoms with van der Waals surface area (Å²) in [6, 6.07) is -0.567. The molecule has 0 radical (unpaired) electrons. The van der Waals surface area contributed by atoms with Gasteiger partial charge in [-0.05, 0) is 24.7 Å². The topological polar surface area (TPSA) is 84.7 Å². The molecule has 6 nitrogen and oxygen atoms in total. The van der Waals surface area contributed by atoms with Crippen LogP contribution in [0.1, 0.15) is 40.5 Å². The molecule has 1 fully saturated rings. The van der Waals surface area contributed by atoms with E-state index in [1.54, 1.807) is 4.90 Å². The largest absolute Gasteiger partial charge is 0.378 e. The summed E-state index contributed by atoms with van der Waals surface area (Å²) in [5.41, 5.74) is 5.75. The van der Waals surface area contributed by atoms with Crippen molar-refractivity contribution in [3.63, 3.8) is 0 Å². The molecule has 1 aliphatic rings. The van der Waals surface area contributed by atoms with Gasteiger partial charge in [-0.3, -0.25) is 9.59 Å². The van der Waals surface area contributed by atoms with Crippen molar-refractivity contribution in [3.05, 3.63) is 0 Å². The zero-order valence-corrected chi connectivity index (χ0v) is 15.5. The quantitative estimate of drug-likeness (QED) is 0.722. The lowest BCUT2D eigenvalue weighted by atomic mass is 10.1. The average Bonchev–Trinajstić information content (AvgIpc) is 2.49. The van der Waals surface area contributed by atoms with Crippen LogP contribution in [0.2, 0.25) is 0 Å². The van der Waals surface area contributed by atoms with Gasteiger partial charge in [-0.1, -0.05) is 27.7 Å². The first kappa shape index (κ1) is 22.1. The maximum atomic E-state index is 12.1. The molecule has 3 N–H and O–H groups in total. The highest BCUT2D eigenvalue weighted by atomic mass is 35.5. The molecule has 0 aliphatic carbocycles. The van der Waals surface area contributed by atoms with Gasteiger partial charge in [-0.25, -0.2) is 0 Å². The third-order valence-electron chi connectivity index (χ3n) is 3.89. The summed E-state index contributed by atoms with van der Waals surface area (Å²) in [6.07, 6.45) is 1.96. The van der Waals surface area contributed by atoms with Gasteiger partial charge in [-0.15, -0.1) is 12.4 Å². The first-order chi connectivity index (χ1) is 10.3. The predicted octanol–water partition coefficient (Wildman–Crippen LogP) is 1.17. The van der Waals surface area contributed by atoms with Crippen LogP contribution in [-0.2, 0) is 14.3 Å². The molecule has 0 aromatic rings. The highest BCUT2D eigenvalue weighted by molar-refractivity contribution is 5.87. The summed E-state index contributed by atoms with van der Waals surface area (Å²) in [6.45, 7) is 10.2. The number of carbonyl (C=O) groups excluding carboxylic acids is 2. The van der Waals surface area contributed by atoms with E-state index in [1.807, 2.05) is 13.8 Å². The number of amides is 2. The third-order valence-corrected chi connectivity index (χ3v) is 3.89. The number of ether oxygens (including phenoxy) is 1. The summed E-state index contributed by atoms with van der Waals surface area (Å²) in [5.74, 6) is 0.272. The van der Waals surface area contributed by atoms with Gasteiger partial charge in [0.25, 0.3) is 0 Å². The molecule has 7 heteroatoms. The average molecular weight is 350 g/mol. The van der Waals surface area contributed by atoms with Crippen molar-refractivity contribution in [2.75, 3.05) is 26.2 Å². The van der Waals surface area contributed by atoms with Crippen LogP contribution in [0.15, 0.2) is 0 Å². The number of piperidine rings is 1. The normalized spacial score (nSPS) is 17.1. The van der Waals surface area contributed by atoms with Crippen LogP contribution in [0, 0.1) is 11.8 Å². The van der Waals surface area contributed by atoms with Crippen LogP contribution in [0.25, 0.3) is 0 Å². The number of hydrogen-bond acceptors (Lipinski definition) is 4. The molecule has 2 amide bonds. The summed E-state index contributed by atoms with van der Waals surface area (Å²) in [4.78, 5) is 25.6. The highest BCUT2D eigenvalue weighted by Crippen LogP contribution is 2.14. The van der Waals surface area contributed by atoms with Gasteiger partial charge in [0, 0.05) is 19.7 Å². The van der Waals surface area contributed by atoms with Crippen molar-refractivity contribution in [3.8, 4) is 0 Å². The number of nitrogens with one attached hydrogen (secondary N) is 1. The van der Waals surface area contributed by atoms with Crippen LogP contribution in [0.5, 0.6) is 0 Å². The molecule has 0 aromatic heterocycles. The number of carbonyl (C=O) groups is 2. The van der Waals surface area contributed by atoms with Gasteiger partial charge in [0.1, 0.15) is 0 Å². The molecule has 1 heterocycles. The lowest BCUT2D eigenvalue weighted by Gasteiger charge is -2.32. The van der Waals surface area contributed by atoms with Crippen molar-refractivity contribution in [2.24, 2.45) is 17.6 Å². The second-order valence-electron chi connectivity index (χ2n) is 6.79. The van der Waals surface area contributed by atoms with Gasteiger partial charge in [-0.2, -0.15) is 0 Å².